The van der Waals surface area contributed by atoms with E-state index in [0.717, 1.165) is 11.8 Å². The Morgan fingerprint density at radius 1 is 1.46 bits per heavy atom. The molecule has 1 rings (SSSR count). The number of halogens is 1. The van der Waals surface area contributed by atoms with Crippen LogP contribution in [-0.2, 0) is 0 Å². The fourth-order valence-electron chi connectivity index (χ4n) is 1.08. The summed E-state index contributed by atoms with van der Waals surface area (Å²) in [6, 6.07) is 2.77. The summed E-state index contributed by atoms with van der Waals surface area (Å²) in [5.41, 5.74) is 0.210. The van der Waals surface area contributed by atoms with Gasteiger partial charge in [-0.1, -0.05) is 0 Å². The van der Waals surface area contributed by atoms with Crippen LogP contribution in [0.3, 0.4) is 0 Å². The molecule has 0 amide bonds. The van der Waals surface area contributed by atoms with E-state index >= 15 is 0 Å². The molecule has 0 heterocycles. The molecule has 0 saturated carbocycles. The van der Waals surface area contributed by atoms with E-state index in [9.17, 15) is 14.6 Å². The molecule has 1 aromatic carbocycles. The van der Waals surface area contributed by atoms with Gasteiger partial charge in [0.15, 0.2) is 0 Å². The molecule has 0 aliphatic rings. The van der Waals surface area contributed by atoms with Gasteiger partial charge < -0.3 is 10.2 Å². The van der Waals surface area contributed by atoms with Gasteiger partial charge in [-0.3, -0.25) is 0 Å². The molecule has 0 aliphatic heterocycles. The lowest BCUT2D eigenvalue weighted by atomic mass is 10.1. The van der Waals surface area contributed by atoms with Crippen molar-refractivity contribution in [1.29, 1.82) is 0 Å². The van der Waals surface area contributed by atoms with Gasteiger partial charge in [0.1, 0.15) is 11.6 Å². The van der Waals surface area contributed by atoms with Crippen molar-refractivity contribution in [1.82, 2.24) is 0 Å². The van der Waals surface area contributed by atoms with Gasteiger partial charge in [-0.25, -0.2) is 4.39 Å². The first-order valence-electron chi connectivity index (χ1n) is 3.81. The molecule has 0 aliphatic carbocycles. The molecule has 0 radical (unpaired) electrons. The van der Waals surface area contributed by atoms with Crippen LogP contribution in [0.25, 0.3) is 0 Å². The summed E-state index contributed by atoms with van der Waals surface area (Å²) in [6.07, 6.45) is 0.815. The lowest BCUT2D eigenvalue weighted by molar-refractivity contribution is 0.193. The third-order valence-corrected chi connectivity index (χ3v) is 2.56. The number of benzene rings is 1. The van der Waals surface area contributed by atoms with Gasteiger partial charge in [-0.15, -0.1) is 11.8 Å². The van der Waals surface area contributed by atoms with Crippen LogP contribution >= 0.6 is 11.8 Å². The third-order valence-electron chi connectivity index (χ3n) is 1.76. The summed E-state index contributed by atoms with van der Waals surface area (Å²) < 4.78 is 13.4. The van der Waals surface area contributed by atoms with E-state index in [0.29, 0.717) is 0 Å². The van der Waals surface area contributed by atoms with E-state index in [4.69, 9.17) is 0 Å². The third kappa shape index (κ3) is 1.95. The van der Waals surface area contributed by atoms with Crippen molar-refractivity contribution < 1.29 is 14.6 Å². The van der Waals surface area contributed by atoms with Gasteiger partial charge in [-0.2, -0.15) is 0 Å². The normalized spacial score (nSPS) is 12.9. The van der Waals surface area contributed by atoms with Crippen LogP contribution in [0, 0.1) is 5.82 Å². The van der Waals surface area contributed by atoms with Crippen LogP contribution in [0.1, 0.15) is 18.6 Å². The fraction of sp³-hybridized carbons (Fsp3) is 0.333. The lowest BCUT2D eigenvalue weighted by Gasteiger charge is -2.10. The van der Waals surface area contributed by atoms with E-state index in [-0.39, 0.29) is 16.2 Å². The van der Waals surface area contributed by atoms with Crippen molar-refractivity contribution in [2.45, 2.75) is 17.9 Å². The Morgan fingerprint density at radius 2 is 2.08 bits per heavy atom. The number of aliphatic hydroxyl groups is 1. The van der Waals surface area contributed by atoms with Crippen molar-refractivity contribution >= 4 is 11.8 Å². The fourth-order valence-corrected chi connectivity index (χ4v) is 1.65. The molecule has 0 saturated heterocycles. The van der Waals surface area contributed by atoms with Crippen LogP contribution in [0.2, 0.25) is 0 Å². The number of hydrogen-bond acceptors (Lipinski definition) is 3. The summed E-state index contributed by atoms with van der Waals surface area (Å²) in [4.78, 5) is 0.179. The van der Waals surface area contributed by atoms with E-state index in [1.54, 1.807) is 6.26 Å². The molecule has 0 aromatic heterocycles. The molecule has 13 heavy (non-hydrogen) atoms. The zero-order chi connectivity index (χ0) is 10.0. The number of rotatable bonds is 2. The zero-order valence-electron chi connectivity index (χ0n) is 7.41. The van der Waals surface area contributed by atoms with Crippen molar-refractivity contribution in [2.75, 3.05) is 6.26 Å². The summed E-state index contributed by atoms with van der Waals surface area (Å²) in [5.74, 6) is -0.628. The highest BCUT2D eigenvalue weighted by Gasteiger charge is 2.14. The van der Waals surface area contributed by atoms with Gasteiger partial charge in [0.2, 0.25) is 0 Å². The first-order chi connectivity index (χ1) is 6.07. The molecule has 2 nitrogen and oxygen atoms in total. The number of phenols is 1. The second-order valence-corrected chi connectivity index (χ2v) is 3.51. The highest BCUT2D eigenvalue weighted by atomic mass is 32.2. The number of phenolic OH excluding ortho intramolecular Hbond substituents is 1. The topological polar surface area (TPSA) is 40.5 Å². The first kappa shape index (κ1) is 10.3. The van der Waals surface area contributed by atoms with E-state index < -0.39 is 11.9 Å². The summed E-state index contributed by atoms with van der Waals surface area (Å²) in [7, 11) is 0. The Balaban J connectivity index is 3.27. The average Bonchev–Trinajstić information content (AvgIpc) is 2.04. The maximum atomic E-state index is 13.4. The minimum atomic E-state index is -0.855. The molecule has 1 atom stereocenters. The smallest absolute Gasteiger partial charge is 0.146 e. The molecular formula is C9H11FO2S. The van der Waals surface area contributed by atoms with Crippen molar-refractivity contribution in [3.8, 4) is 5.75 Å². The molecule has 0 bridgehead atoms. The quantitative estimate of drug-likeness (QED) is 0.723. The number of aliphatic hydroxyl groups excluding tert-OH is 1. The minimum absolute atomic E-state index is 0.0885. The maximum absolute atomic E-state index is 13.4. The Kier molecular flexibility index (Phi) is 3.17. The SMILES string of the molecule is CSc1c(O)ccc(C(C)O)c1F. The predicted molar refractivity (Wildman–Crippen MR) is 50.5 cm³/mol. The van der Waals surface area contributed by atoms with Crippen molar-refractivity contribution in [3.63, 3.8) is 0 Å². The largest absolute Gasteiger partial charge is 0.507 e. The predicted octanol–water partition coefficient (Wildman–Crippen LogP) is 2.31. The highest BCUT2D eigenvalue weighted by molar-refractivity contribution is 7.98. The van der Waals surface area contributed by atoms with Gasteiger partial charge in [0.25, 0.3) is 0 Å². The Labute approximate surface area is 80.4 Å². The number of hydrogen-bond donors (Lipinski definition) is 2. The summed E-state index contributed by atoms with van der Waals surface area (Å²) in [5, 5.41) is 18.4. The van der Waals surface area contributed by atoms with E-state index in [1.165, 1.54) is 19.1 Å². The van der Waals surface area contributed by atoms with Gasteiger partial charge in [-0.05, 0) is 25.3 Å². The second-order valence-electron chi connectivity index (χ2n) is 2.70. The Morgan fingerprint density at radius 3 is 2.54 bits per heavy atom. The first-order valence-corrected chi connectivity index (χ1v) is 5.03. The monoisotopic (exact) mass is 202 g/mol. The minimum Gasteiger partial charge on any atom is -0.507 e. The molecule has 72 valence electrons. The van der Waals surface area contributed by atoms with Crippen LogP contribution in [0.5, 0.6) is 5.75 Å². The molecule has 1 unspecified atom stereocenters. The summed E-state index contributed by atoms with van der Waals surface area (Å²) >= 11 is 1.12. The average molecular weight is 202 g/mol. The van der Waals surface area contributed by atoms with Crippen molar-refractivity contribution in [2.24, 2.45) is 0 Å². The van der Waals surface area contributed by atoms with E-state index in [1.807, 2.05) is 0 Å². The van der Waals surface area contributed by atoms with Crippen LogP contribution < -0.4 is 0 Å². The number of aromatic hydroxyl groups is 1. The Hall–Kier alpha value is -0.740. The lowest BCUT2D eigenvalue weighted by Crippen LogP contribution is -1.97. The van der Waals surface area contributed by atoms with Gasteiger partial charge in [0.05, 0.1) is 11.0 Å². The second kappa shape index (κ2) is 3.98. The van der Waals surface area contributed by atoms with Gasteiger partial charge in [0, 0.05) is 5.56 Å². The Bertz CT molecular complexity index is 313. The molecule has 0 spiro atoms. The molecular weight excluding hydrogens is 191 g/mol. The van der Waals surface area contributed by atoms with Crippen LogP contribution in [0.15, 0.2) is 17.0 Å². The van der Waals surface area contributed by atoms with Gasteiger partial charge >= 0.3 is 0 Å². The van der Waals surface area contributed by atoms with Crippen molar-refractivity contribution in [3.05, 3.63) is 23.5 Å². The molecule has 4 heteroatoms. The van der Waals surface area contributed by atoms with Crippen LogP contribution in [0.4, 0.5) is 4.39 Å². The van der Waals surface area contributed by atoms with E-state index in [2.05, 4.69) is 0 Å². The highest BCUT2D eigenvalue weighted by Crippen LogP contribution is 2.33. The van der Waals surface area contributed by atoms with Crippen LogP contribution in [-0.4, -0.2) is 16.5 Å². The standard InChI is InChI=1S/C9H11FO2S/c1-5(11)6-3-4-7(12)9(13-2)8(6)10/h3-5,11-12H,1-2H3. The molecule has 2 N–H and O–H groups in total. The zero-order valence-corrected chi connectivity index (χ0v) is 8.23. The number of thioether (sulfide) groups is 1. The molecule has 1 aromatic rings. The maximum Gasteiger partial charge on any atom is 0.146 e. The summed E-state index contributed by atoms with van der Waals surface area (Å²) in [6.45, 7) is 1.49. The molecule has 0 fully saturated rings.